The van der Waals surface area contributed by atoms with Gasteiger partial charge in [0.25, 0.3) is 0 Å². The van der Waals surface area contributed by atoms with E-state index in [-0.39, 0.29) is 17.0 Å². The SMILES string of the molecule is COc1cc(N=C=O)c(C(=O)c2ccc(Cl)cc2)cc1OC. The summed E-state index contributed by atoms with van der Waals surface area (Å²) in [7, 11) is 2.91. The van der Waals surface area contributed by atoms with Crippen molar-refractivity contribution in [3.63, 3.8) is 0 Å². The van der Waals surface area contributed by atoms with Crippen molar-refractivity contribution in [1.29, 1.82) is 0 Å². The normalized spacial score (nSPS) is 9.77. The summed E-state index contributed by atoms with van der Waals surface area (Å²) < 4.78 is 10.3. The fraction of sp³-hybridized carbons (Fsp3) is 0.125. The van der Waals surface area contributed by atoms with Crippen molar-refractivity contribution in [3.05, 3.63) is 52.5 Å². The van der Waals surface area contributed by atoms with E-state index in [9.17, 15) is 9.59 Å². The van der Waals surface area contributed by atoms with Crippen LogP contribution in [0.4, 0.5) is 5.69 Å². The Balaban J connectivity index is 2.59. The number of carbonyl (C=O) groups excluding carboxylic acids is 2. The van der Waals surface area contributed by atoms with Gasteiger partial charge in [0, 0.05) is 16.7 Å². The van der Waals surface area contributed by atoms with Gasteiger partial charge in [-0.25, -0.2) is 4.79 Å². The summed E-state index contributed by atoms with van der Waals surface area (Å²) >= 11 is 5.81. The zero-order valence-electron chi connectivity index (χ0n) is 11.9. The molecular weight excluding hydrogens is 306 g/mol. The summed E-state index contributed by atoms with van der Waals surface area (Å²) in [5.41, 5.74) is 0.787. The molecule has 0 fully saturated rings. The standard InChI is InChI=1S/C16H12ClNO4/c1-21-14-7-12(13(18-9-19)8-15(14)22-2)16(20)10-3-5-11(17)6-4-10/h3-8H,1-2H3. The zero-order chi connectivity index (χ0) is 16.1. The van der Waals surface area contributed by atoms with Gasteiger partial charge in [-0.15, -0.1) is 0 Å². The number of isocyanates is 1. The van der Waals surface area contributed by atoms with E-state index in [1.165, 1.54) is 32.4 Å². The molecule has 6 heteroatoms. The highest BCUT2D eigenvalue weighted by molar-refractivity contribution is 6.30. The number of ketones is 1. The van der Waals surface area contributed by atoms with Crippen molar-refractivity contribution in [2.45, 2.75) is 0 Å². The van der Waals surface area contributed by atoms with Crippen LogP contribution in [0.5, 0.6) is 11.5 Å². The average Bonchev–Trinajstić information content (AvgIpc) is 2.54. The molecule has 0 amide bonds. The molecular formula is C16H12ClNO4. The Kier molecular flexibility index (Phi) is 4.94. The van der Waals surface area contributed by atoms with Crippen LogP contribution in [0, 0.1) is 0 Å². The Bertz CT molecular complexity index is 749. The van der Waals surface area contributed by atoms with Gasteiger partial charge in [-0.05, 0) is 30.3 Å². The predicted octanol–water partition coefficient (Wildman–Crippen LogP) is 3.56. The van der Waals surface area contributed by atoms with E-state index >= 15 is 0 Å². The second-order valence-corrected chi connectivity index (χ2v) is 4.70. The van der Waals surface area contributed by atoms with E-state index in [0.29, 0.717) is 22.1 Å². The molecule has 0 unspecified atom stereocenters. The lowest BCUT2D eigenvalue weighted by Gasteiger charge is -2.11. The van der Waals surface area contributed by atoms with Gasteiger partial charge in [-0.1, -0.05) is 11.6 Å². The minimum absolute atomic E-state index is 0.160. The van der Waals surface area contributed by atoms with Crippen LogP contribution in [0.3, 0.4) is 0 Å². The quantitative estimate of drug-likeness (QED) is 0.480. The van der Waals surface area contributed by atoms with Gasteiger partial charge in [0.1, 0.15) is 0 Å². The number of ether oxygens (including phenoxy) is 2. The maximum Gasteiger partial charge on any atom is 0.240 e. The molecule has 0 atom stereocenters. The van der Waals surface area contributed by atoms with E-state index in [4.69, 9.17) is 21.1 Å². The Hall–Kier alpha value is -2.62. The molecule has 0 radical (unpaired) electrons. The van der Waals surface area contributed by atoms with Crippen LogP contribution in [0.2, 0.25) is 5.02 Å². The minimum atomic E-state index is -0.313. The van der Waals surface area contributed by atoms with Crippen molar-refractivity contribution in [1.82, 2.24) is 0 Å². The van der Waals surface area contributed by atoms with Crippen molar-refractivity contribution in [2.75, 3.05) is 14.2 Å². The number of hydrogen-bond donors (Lipinski definition) is 0. The second kappa shape index (κ2) is 6.89. The molecule has 0 heterocycles. The highest BCUT2D eigenvalue weighted by atomic mass is 35.5. The Morgan fingerprint density at radius 2 is 1.68 bits per heavy atom. The molecule has 2 aromatic carbocycles. The zero-order valence-corrected chi connectivity index (χ0v) is 12.7. The minimum Gasteiger partial charge on any atom is -0.493 e. The Labute approximate surface area is 132 Å². The third kappa shape index (κ3) is 3.17. The van der Waals surface area contributed by atoms with Crippen molar-refractivity contribution >= 4 is 29.2 Å². The Morgan fingerprint density at radius 1 is 1.09 bits per heavy atom. The lowest BCUT2D eigenvalue weighted by molar-refractivity contribution is 0.103. The number of benzene rings is 2. The van der Waals surface area contributed by atoms with Crippen molar-refractivity contribution in [2.24, 2.45) is 4.99 Å². The van der Waals surface area contributed by atoms with E-state index in [0.717, 1.165) is 0 Å². The van der Waals surface area contributed by atoms with E-state index in [2.05, 4.69) is 4.99 Å². The first kappa shape index (κ1) is 15.8. The molecule has 0 N–H and O–H groups in total. The first-order chi connectivity index (χ1) is 10.6. The molecule has 0 saturated heterocycles. The van der Waals surface area contributed by atoms with Crippen LogP contribution >= 0.6 is 11.6 Å². The van der Waals surface area contributed by atoms with Crippen LogP contribution in [0.25, 0.3) is 0 Å². The summed E-state index contributed by atoms with van der Waals surface area (Å²) in [6, 6.07) is 9.33. The molecule has 112 valence electrons. The number of aliphatic imine (C=N–C) groups is 1. The van der Waals surface area contributed by atoms with Gasteiger partial charge in [-0.2, -0.15) is 4.99 Å². The first-order valence-electron chi connectivity index (χ1n) is 6.25. The van der Waals surface area contributed by atoms with Crippen LogP contribution in [-0.2, 0) is 4.79 Å². The third-order valence-corrected chi connectivity index (χ3v) is 3.27. The van der Waals surface area contributed by atoms with Crippen LogP contribution < -0.4 is 9.47 Å². The number of methoxy groups -OCH3 is 2. The van der Waals surface area contributed by atoms with Gasteiger partial charge in [0.05, 0.1) is 25.5 Å². The van der Waals surface area contributed by atoms with Crippen LogP contribution in [-0.4, -0.2) is 26.1 Å². The molecule has 0 saturated carbocycles. The monoisotopic (exact) mass is 317 g/mol. The number of carbonyl (C=O) groups is 1. The lowest BCUT2D eigenvalue weighted by Crippen LogP contribution is -2.03. The molecule has 0 aliphatic carbocycles. The highest BCUT2D eigenvalue weighted by Crippen LogP contribution is 2.35. The summed E-state index contributed by atoms with van der Waals surface area (Å²) in [5.74, 6) is 0.417. The van der Waals surface area contributed by atoms with Gasteiger partial charge < -0.3 is 9.47 Å². The molecule has 5 nitrogen and oxygen atoms in total. The molecule has 0 spiro atoms. The van der Waals surface area contributed by atoms with Crippen LogP contribution in [0.15, 0.2) is 41.4 Å². The fourth-order valence-electron chi connectivity index (χ4n) is 1.95. The van der Waals surface area contributed by atoms with Crippen molar-refractivity contribution in [3.8, 4) is 11.5 Å². The van der Waals surface area contributed by atoms with E-state index in [1.54, 1.807) is 24.3 Å². The lowest BCUT2D eigenvalue weighted by atomic mass is 10.0. The molecule has 2 aromatic rings. The fourth-order valence-corrected chi connectivity index (χ4v) is 2.07. The number of nitrogens with zero attached hydrogens (tertiary/aromatic N) is 1. The summed E-state index contributed by atoms with van der Waals surface area (Å²) in [5, 5.41) is 0.523. The molecule has 0 aromatic heterocycles. The molecule has 22 heavy (non-hydrogen) atoms. The largest absolute Gasteiger partial charge is 0.493 e. The number of rotatable bonds is 5. The smallest absolute Gasteiger partial charge is 0.240 e. The van der Waals surface area contributed by atoms with Gasteiger partial charge in [0.2, 0.25) is 6.08 Å². The molecule has 0 bridgehead atoms. The van der Waals surface area contributed by atoms with Crippen molar-refractivity contribution < 1.29 is 19.1 Å². The summed E-state index contributed by atoms with van der Waals surface area (Å²) in [4.78, 5) is 26.8. The third-order valence-electron chi connectivity index (χ3n) is 3.02. The molecule has 0 aliphatic rings. The summed E-state index contributed by atoms with van der Waals surface area (Å²) in [6.07, 6.45) is 1.43. The Morgan fingerprint density at radius 3 is 2.23 bits per heavy atom. The van der Waals surface area contributed by atoms with Gasteiger partial charge >= 0.3 is 0 Å². The summed E-state index contributed by atoms with van der Waals surface area (Å²) in [6.45, 7) is 0. The molecule has 0 aliphatic heterocycles. The number of hydrogen-bond acceptors (Lipinski definition) is 5. The first-order valence-corrected chi connectivity index (χ1v) is 6.62. The predicted molar refractivity (Wildman–Crippen MR) is 82.2 cm³/mol. The van der Waals surface area contributed by atoms with E-state index < -0.39 is 0 Å². The molecule has 2 rings (SSSR count). The average molecular weight is 318 g/mol. The van der Waals surface area contributed by atoms with Gasteiger partial charge in [0.15, 0.2) is 17.3 Å². The maximum atomic E-state index is 12.6. The van der Waals surface area contributed by atoms with Gasteiger partial charge in [-0.3, -0.25) is 4.79 Å². The topological polar surface area (TPSA) is 65.0 Å². The highest BCUT2D eigenvalue weighted by Gasteiger charge is 2.18. The van der Waals surface area contributed by atoms with Crippen LogP contribution in [0.1, 0.15) is 15.9 Å². The second-order valence-electron chi connectivity index (χ2n) is 4.26. The van der Waals surface area contributed by atoms with E-state index in [1.807, 2.05) is 0 Å². The maximum absolute atomic E-state index is 12.6. The number of halogens is 1.